The number of carbonyl (C=O) groups excluding carboxylic acids is 1. The molecule has 0 saturated carbocycles. The second-order valence-corrected chi connectivity index (χ2v) is 5.15. The van der Waals surface area contributed by atoms with E-state index in [1.807, 2.05) is 24.3 Å². The summed E-state index contributed by atoms with van der Waals surface area (Å²) in [6.07, 6.45) is 1.67. The van der Waals surface area contributed by atoms with Crippen LogP contribution in [0.4, 0.5) is 5.82 Å². The van der Waals surface area contributed by atoms with E-state index in [9.17, 15) is 4.79 Å². The SMILES string of the molecule is CCN(Cc1ccccc1)c1cc(C(=O)NCCOC)ccn1. The first-order chi connectivity index (χ1) is 11.2. The van der Waals surface area contributed by atoms with Crippen molar-refractivity contribution in [2.75, 3.05) is 31.7 Å². The van der Waals surface area contributed by atoms with Crippen LogP contribution in [0, 0.1) is 0 Å². The van der Waals surface area contributed by atoms with E-state index in [0.717, 1.165) is 18.9 Å². The summed E-state index contributed by atoms with van der Waals surface area (Å²) in [6, 6.07) is 13.8. The number of hydrogen-bond acceptors (Lipinski definition) is 4. The summed E-state index contributed by atoms with van der Waals surface area (Å²) in [6.45, 7) is 4.65. The van der Waals surface area contributed by atoms with Crippen molar-refractivity contribution in [3.05, 3.63) is 59.8 Å². The Kier molecular flexibility index (Phi) is 6.56. The topological polar surface area (TPSA) is 54.5 Å². The fourth-order valence-corrected chi connectivity index (χ4v) is 2.26. The molecule has 0 fully saturated rings. The van der Waals surface area contributed by atoms with Crippen LogP contribution >= 0.6 is 0 Å². The number of hydrogen-bond donors (Lipinski definition) is 1. The van der Waals surface area contributed by atoms with Gasteiger partial charge in [-0.15, -0.1) is 0 Å². The normalized spacial score (nSPS) is 10.3. The molecule has 1 heterocycles. The van der Waals surface area contributed by atoms with Crippen molar-refractivity contribution in [1.29, 1.82) is 0 Å². The van der Waals surface area contributed by atoms with E-state index in [1.165, 1.54) is 5.56 Å². The zero-order valence-corrected chi connectivity index (χ0v) is 13.7. The minimum atomic E-state index is -0.110. The third kappa shape index (κ3) is 5.07. The van der Waals surface area contributed by atoms with Gasteiger partial charge in [-0.3, -0.25) is 4.79 Å². The maximum Gasteiger partial charge on any atom is 0.251 e. The third-order valence-corrected chi connectivity index (χ3v) is 3.52. The molecule has 0 saturated heterocycles. The average molecular weight is 313 g/mol. The van der Waals surface area contributed by atoms with Gasteiger partial charge in [0.2, 0.25) is 0 Å². The number of rotatable bonds is 8. The molecule has 0 atom stereocenters. The molecular weight excluding hydrogens is 290 g/mol. The van der Waals surface area contributed by atoms with Crippen LogP contribution in [0.3, 0.4) is 0 Å². The van der Waals surface area contributed by atoms with Crippen LogP contribution in [0.5, 0.6) is 0 Å². The molecule has 5 nitrogen and oxygen atoms in total. The number of amides is 1. The molecule has 1 N–H and O–H groups in total. The van der Waals surface area contributed by atoms with Crippen molar-refractivity contribution in [3.63, 3.8) is 0 Å². The summed E-state index contributed by atoms with van der Waals surface area (Å²) in [5, 5.41) is 2.82. The highest BCUT2D eigenvalue weighted by molar-refractivity contribution is 5.94. The predicted octanol–water partition coefficient (Wildman–Crippen LogP) is 2.48. The number of benzene rings is 1. The molecule has 1 amide bonds. The Morgan fingerprint density at radius 1 is 1.26 bits per heavy atom. The number of anilines is 1. The number of aromatic nitrogens is 1. The van der Waals surface area contributed by atoms with Crippen molar-refractivity contribution in [2.24, 2.45) is 0 Å². The van der Waals surface area contributed by atoms with Gasteiger partial charge in [0.15, 0.2) is 0 Å². The van der Waals surface area contributed by atoms with Gasteiger partial charge in [-0.1, -0.05) is 30.3 Å². The fourth-order valence-electron chi connectivity index (χ4n) is 2.26. The summed E-state index contributed by atoms with van der Waals surface area (Å²) >= 11 is 0. The van der Waals surface area contributed by atoms with E-state index in [4.69, 9.17) is 4.74 Å². The number of pyridine rings is 1. The van der Waals surface area contributed by atoms with Gasteiger partial charge in [-0.2, -0.15) is 0 Å². The van der Waals surface area contributed by atoms with Crippen LogP contribution in [0.1, 0.15) is 22.8 Å². The van der Waals surface area contributed by atoms with Gasteiger partial charge in [-0.05, 0) is 24.6 Å². The number of carbonyl (C=O) groups is 1. The maximum absolute atomic E-state index is 12.1. The Balaban J connectivity index is 2.08. The molecule has 1 aromatic carbocycles. The van der Waals surface area contributed by atoms with Crippen LogP contribution in [0.15, 0.2) is 48.7 Å². The van der Waals surface area contributed by atoms with Crippen LogP contribution < -0.4 is 10.2 Å². The van der Waals surface area contributed by atoms with Crippen LogP contribution in [0.2, 0.25) is 0 Å². The lowest BCUT2D eigenvalue weighted by Gasteiger charge is -2.22. The Morgan fingerprint density at radius 2 is 2.04 bits per heavy atom. The van der Waals surface area contributed by atoms with Crippen LogP contribution in [-0.2, 0) is 11.3 Å². The van der Waals surface area contributed by atoms with E-state index in [1.54, 1.807) is 19.4 Å². The Hall–Kier alpha value is -2.40. The number of nitrogens with one attached hydrogen (secondary N) is 1. The fraction of sp³-hybridized carbons (Fsp3) is 0.333. The van der Waals surface area contributed by atoms with Crippen LogP contribution in [0.25, 0.3) is 0 Å². The summed E-state index contributed by atoms with van der Waals surface area (Å²) in [4.78, 5) is 18.7. The number of ether oxygens (including phenoxy) is 1. The number of nitrogens with zero attached hydrogens (tertiary/aromatic N) is 2. The van der Waals surface area contributed by atoms with Crippen molar-refractivity contribution in [3.8, 4) is 0 Å². The standard InChI is InChI=1S/C18H23N3O2/c1-3-21(14-15-7-5-4-6-8-15)17-13-16(9-10-19-17)18(22)20-11-12-23-2/h4-10,13H,3,11-12,14H2,1-2H3,(H,20,22). The summed E-state index contributed by atoms with van der Waals surface area (Å²) < 4.78 is 4.94. The highest BCUT2D eigenvalue weighted by Crippen LogP contribution is 2.16. The summed E-state index contributed by atoms with van der Waals surface area (Å²) in [5.41, 5.74) is 1.82. The number of methoxy groups -OCH3 is 1. The molecule has 0 radical (unpaired) electrons. The second kappa shape index (κ2) is 8.90. The van der Waals surface area contributed by atoms with Gasteiger partial charge < -0.3 is 15.0 Å². The molecule has 1 aromatic heterocycles. The zero-order valence-electron chi connectivity index (χ0n) is 13.7. The molecule has 0 aliphatic heterocycles. The summed E-state index contributed by atoms with van der Waals surface area (Å²) in [7, 11) is 1.61. The molecule has 2 rings (SSSR count). The van der Waals surface area contributed by atoms with E-state index < -0.39 is 0 Å². The van der Waals surface area contributed by atoms with Crippen molar-refractivity contribution in [2.45, 2.75) is 13.5 Å². The van der Waals surface area contributed by atoms with E-state index in [2.05, 4.69) is 34.3 Å². The third-order valence-electron chi connectivity index (χ3n) is 3.52. The van der Waals surface area contributed by atoms with E-state index >= 15 is 0 Å². The lowest BCUT2D eigenvalue weighted by molar-refractivity contribution is 0.0937. The summed E-state index contributed by atoms with van der Waals surface area (Å²) in [5.74, 6) is 0.692. The predicted molar refractivity (Wildman–Crippen MR) is 91.6 cm³/mol. The van der Waals surface area contributed by atoms with Gasteiger partial charge in [0.25, 0.3) is 5.91 Å². The van der Waals surface area contributed by atoms with E-state index in [0.29, 0.717) is 18.7 Å². The van der Waals surface area contributed by atoms with Crippen molar-refractivity contribution >= 4 is 11.7 Å². The van der Waals surface area contributed by atoms with E-state index in [-0.39, 0.29) is 5.91 Å². The average Bonchev–Trinajstić information content (AvgIpc) is 2.61. The van der Waals surface area contributed by atoms with Crippen molar-refractivity contribution in [1.82, 2.24) is 10.3 Å². The quantitative estimate of drug-likeness (QED) is 0.761. The molecule has 0 bridgehead atoms. The zero-order chi connectivity index (χ0) is 16.5. The largest absolute Gasteiger partial charge is 0.383 e. The molecule has 2 aromatic rings. The lowest BCUT2D eigenvalue weighted by Crippen LogP contribution is -2.28. The molecule has 5 heteroatoms. The first kappa shape index (κ1) is 17.0. The monoisotopic (exact) mass is 313 g/mol. The lowest BCUT2D eigenvalue weighted by atomic mass is 10.2. The molecule has 0 unspecified atom stereocenters. The minimum absolute atomic E-state index is 0.110. The van der Waals surface area contributed by atoms with Gasteiger partial charge in [0, 0.05) is 38.5 Å². The Bertz CT molecular complexity index is 617. The molecule has 122 valence electrons. The van der Waals surface area contributed by atoms with Gasteiger partial charge in [0.1, 0.15) is 5.82 Å². The van der Waals surface area contributed by atoms with Gasteiger partial charge in [-0.25, -0.2) is 4.98 Å². The highest BCUT2D eigenvalue weighted by atomic mass is 16.5. The molecule has 0 aliphatic carbocycles. The molecule has 23 heavy (non-hydrogen) atoms. The Morgan fingerprint density at radius 3 is 2.74 bits per heavy atom. The first-order valence-electron chi connectivity index (χ1n) is 7.76. The van der Waals surface area contributed by atoms with Gasteiger partial charge in [0.05, 0.1) is 6.61 Å². The smallest absolute Gasteiger partial charge is 0.251 e. The van der Waals surface area contributed by atoms with Crippen LogP contribution in [-0.4, -0.2) is 37.7 Å². The maximum atomic E-state index is 12.1. The first-order valence-corrected chi connectivity index (χ1v) is 7.76. The molecular formula is C18H23N3O2. The molecule has 0 spiro atoms. The van der Waals surface area contributed by atoms with Gasteiger partial charge >= 0.3 is 0 Å². The minimum Gasteiger partial charge on any atom is -0.383 e. The van der Waals surface area contributed by atoms with Crippen molar-refractivity contribution < 1.29 is 9.53 Å². The Labute approximate surface area is 137 Å². The molecule has 0 aliphatic rings. The second-order valence-electron chi connectivity index (χ2n) is 5.15. The highest BCUT2D eigenvalue weighted by Gasteiger charge is 2.11.